The fourth-order valence-corrected chi connectivity index (χ4v) is 0.628. The Labute approximate surface area is 67.9 Å². The van der Waals surface area contributed by atoms with E-state index in [9.17, 15) is 9.90 Å². The third kappa shape index (κ3) is 5.64. The number of aliphatic carboxylic acids is 1. The fourth-order valence-electron chi connectivity index (χ4n) is 0.628. The molecule has 11 heavy (non-hydrogen) atoms. The predicted octanol–water partition coefficient (Wildman–Crippen LogP) is 1.12. The maximum absolute atomic E-state index is 10.2. The van der Waals surface area contributed by atoms with Crippen LogP contribution in [0.3, 0.4) is 0 Å². The number of carbonyl (C=O) groups excluding carboxylic acids is 1. The lowest BCUT2D eigenvalue weighted by molar-refractivity contribution is -0.299. The highest BCUT2D eigenvalue weighted by molar-refractivity contribution is 5.83. The summed E-state index contributed by atoms with van der Waals surface area (Å²) < 4.78 is 0. The van der Waals surface area contributed by atoms with Crippen molar-refractivity contribution in [1.82, 2.24) is 0 Å². The van der Waals surface area contributed by atoms with E-state index in [1.54, 1.807) is 0 Å². The van der Waals surface area contributed by atoms with Gasteiger partial charge in [-0.1, -0.05) is 27.4 Å². The molecular weight excluding hydrogens is 140 g/mol. The van der Waals surface area contributed by atoms with E-state index in [0.717, 1.165) is 6.42 Å². The van der Waals surface area contributed by atoms with E-state index < -0.39 is 5.97 Å². The zero-order valence-corrected chi connectivity index (χ0v) is 7.44. The van der Waals surface area contributed by atoms with Gasteiger partial charge in [0, 0.05) is 0 Å². The molecule has 0 saturated heterocycles. The number of hydrogen-bond acceptors (Lipinski definition) is 2. The van der Waals surface area contributed by atoms with Gasteiger partial charge in [-0.15, -0.1) is 0 Å². The van der Waals surface area contributed by atoms with Crippen LogP contribution in [0, 0.1) is 5.41 Å². The van der Waals surface area contributed by atoms with Crippen molar-refractivity contribution in [3.63, 3.8) is 0 Å². The second kappa shape index (κ2) is 3.56. The molecule has 0 saturated carbocycles. The minimum Gasteiger partial charge on any atom is -0.545 e. The summed E-state index contributed by atoms with van der Waals surface area (Å²) in [5.74, 6) is -1.13. The molecular formula is C9H15O2-. The maximum atomic E-state index is 10.2. The predicted molar refractivity (Wildman–Crippen MR) is 42.8 cm³/mol. The van der Waals surface area contributed by atoms with Gasteiger partial charge in [-0.05, 0) is 23.8 Å². The van der Waals surface area contributed by atoms with Crippen molar-refractivity contribution < 1.29 is 9.90 Å². The summed E-state index contributed by atoms with van der Waals surface area (Å²) in [5, 5.41) is 10.2. The lowest BCUT2D eigenvalue weighted by Crippen LogP contribution is -2.24. The van der Waals surface area contributed by atoms with Crippen LogP contribution < -0.4 is 5.11 Å². The Morgan fingerprint density at radius 3 is 2.18 bits per heavy atom. The molecule has 64 valence electrons. The van der Waals surface area contributed by atoms with Gasteiger partial charge in [0.25, 0.3) is 0 Å². The Kier molecular flexibility index (Phi) is 3.30. The van der Waals surface area contributed by atoms with E-state index in [1.807, 2.05) is 0 Å². The number of carboxylic acids is 1. The van der Waals surface area contributed by atoms with Crippen molar-refractivity contribution in [2.24, 2.45) is 5.41 Å². The smallest absolute Gasteiger partial charge is 0.0668 e. The Bertz CT molecular complexity index is 163. The van der Waals surface area contributed by atoms with Crippen LogP contribution in [0.25, 0.3) is 0 Å². The first-order valence-corrected chi connectivity index (χ1v) is 3.72. The first kappa shape index (κ1) is 10.2. The summed E-state index contributed by atoms with van der Waals surface area (Å²) >= 11 is 0. The average Bonchev–Trinajstić information content (AvgIpc) is 1.80. The highest BCUT2D eigenvalue weighted by atomic mass is 16.4. The molecule has 2 heteroatoms. The summed E-state index contributed by atoms with van der Waals surface area (Å²) in [7, 11) is 0. The summed E-state index contributed by atoms with van der Waals surface area (Å²) in [6.07, 6.45) is 1.35. The second-order valence-corrected chi connectivity index (χ2v) is 3.95. The topological polar surface area (TPSA) is 40.1 Å². The molecule has 2 nitrogen and oxygen atoms in total. The first-order valence-electron chi connectivity index (χ1n) is 3.72. The molecule has 0 spiro atoms. The van der Waals surface area contributed by atoms with E-state index in [-0.39, 0.29) is 11.0 Å². The monoisotopic (exact) mass is 155 g/mol. The van der Waals surface area contributed by atoms with Crippen LogP contribution in [0.4, 0.5) is 0 Å². The molecule has 0 radical (unpaired) electrons. The number of carboxylic acid groups (broad SMARTS) is 1. The van der Waals surface area contributed by atoms with Crippen molar-refractivity contribution in [2.75, 3.05) is 0 Å². The van der Waals surface area contributed by atoms with Crippen LogP contribution in [0.15, 0.2) is 12.2 Å². The molecule has 0 amide bonds. The third-order valence-corrected chi connectivity index (χ3v) is 1.47. The molecule has 0 N–H and O–H groups in total. The summed E-state index contributed by atoms with van der Waals surface area (Å²) in [4.78, 5) is 10.2. The Hall–Kier alpha value is -0.790. The van der Waals surface area contributed by atoms with Crippen molar-refractivity contribution in [2.45, 2.75) is 33.6 Å². The SMILES string of the molecule is C=C(CCC(C)(C)C)C(=O)[O-]. The Morgan fingerprint density at radius 1 is 1.45 bits per heavy atom. The largest absolute Gasteiger partial charge is 0.545 e. The van der Waals surface area contributed by atoms with Crippen molar-refractivity contribution in [3.8, 4) is 0 Å². The van der Waals surface area contributed by atoms with E-state index in [4.69, 9.17) is 0 Å². The molecule has 0 aliphatic heterocycles. The van der Waals surface area contributed by atoms with Gasteiger partial charge in [-0.2, -0.15) is 0 Å². The molecule has 0 bridgehead atoms. The van der Waals surface area contributed by atoms with Gasteiger partial charge in [-0.3, -0.25) is 0 Å². The van der Waals surface area contributed by atoms with Gasteiger partial charge < -0.3 is 9.90 Å². The van der Waals surface area contributed by atoms with Crippen LogP contribution in [0.5, 0.6) is 0 Å². The lowest BCUT2D eigenvalue weighted by atomic mass is 9.89. The highest BCUT2D eigenvalue weighted by Gasteiger charge is 2.10. The highest BCUT2D eigenvalue weighted by Crippen LogP contribution is 2.22. The zero-order chi connectivity index (χ0) is 9.07. The van der Waals surface area contributed by atoms with Gasteiger partial charge in [0.15, 0.2) is 0 Å². The number of rotatable bonds is 3. The molecule has 0 aliphatic rings. The average molecular weight is 155 g/mol. The van der Waals surface area contributed by atoms with E-state index >= 15 is 0 Å². The molecule has 0 aromatic rings. The van der Waals surface area contributed by atoms with E-state index in [0.29, 0.717) is 6.42 Å². The quantitative estimate of drug-likeness (QED) is 0.573. The van der Waals surface area contributed by atoms with Crippen LogP contribution in [-0.2, 0) is 4.79 Å². The third-order valence-electron chi connectivity index (χ3n) is 1.47. The van der Waals surface area contributed by atoms with Crippen molar-refractivity contribution in [1.29, 1.82) is 0 Å². The first-order chi connectivity index (χ1) is 4.83. The molecule has 0 aromatic heterocycles. The molecule has 0 aliphatic carbocycles. The van der Waals surface area contributed by atoms with Gasteiger partial charge in [0.1, 0.15) is 0 Å². The van der Waals surface area contributed by atoms with Gasteiger partial charge >= 0.3 is 0 Å². The molecule has 0 unspecified atom stereocenters. The van der Waals surface area contributed by atoms with Crippen molar-refractivity contribution in [3.05, 3.63) is 12.2 Å². The molecule has 0 fully saturated rings. The lowest BCUT2D eigenvalue weighted by Gasteiger charge is -2.18. The fraction of sp³-hybridized carbons (Fsp3) is 0.667. The summed E-state index contributed by atoms with van der Waals surface area (Å²) in [6, 6.07) is 0. The number of hydrogen-bond donors (Lipinski definition) is 0. The minimum atomic E-state index is -1.13. The van der Waals surface area contributed by atoms with Crippen LogP contribution in [0.1, 0.15) is 33.6 Å². The zero-order valence-electron chi connectivity index (χ0n) is 7.44. The van der Waals surface area contributed by atoms with Crippen LogP contribution >= 0.6 is 0 Å². The molecule has 0 heterocycles. The molecule has 0 aromatic carbocycles. The summed E-state index contributed by atoms with van der Waals surface area (Å²) in [5.41, 5.74) is 0.359. The molecule has 0 atom stereocenters. The van der Waals surface area contributed by atoms with Crippen LogP contribution in [0.2, 0.25) is 0 Å². The van der Waals surface area contributed by atoms with E-state index in [2.05, 4.69) is 27.4 Å². The Morgan fingerprint density at radius 2 is 1.91 bits per heavy atom. The number of carbonyl (C=O) groups is 1. The normalized spacial score (nSPS) is 11.2. The van der Waals surface area contributed by atoms with Gasteiger partial charge in [-0.25, -0.2) is 0 Å². The van der Waals surface area contributed by atoms with Gasteiger partial charge in [0.2, 0.25) is 0 Å². The second-order valence-electron chi connectivity index (χ2n) is 3.95. The minimum absolute atomic E-state index is 0.165. The van der Waals surface area contributed by atoms with Crippen molar-refractivity contribution >= 4 is 5.97 Å². The molecule has 0 rings (SSSR count). The Balaban J connectivity index is 3.73. The standard InChI is InChI=1S/C9H16O2/c1-7(8(10)11)5-6-9(2,3)4/h1,5-6H2,2-4H3,(H,10,11)/p-1. The van der Waals surface area contributed by atoms with E-state index in [1.165, 1.54) is 0 Å². The maximum Gasteiger partial charge on any atom is 0.0668 e. The van der Waals surface area contributed by atoms with Gasteiger partial charge in [0.05, 0.1) is 5.97 Å². The summed E-state index contributed by atoms with van der Waals surface area (Å²) in [6.45, 7) is 9.59. The van der Waals surface area contributed by atoms with Crippen LogP contribution in [-0.4, -0.2) is 5.97 Å².